The van der Waals surface area contributed by atoms with Gasteiger partial charge in [0.15, 0.2) is 6.54 Å². The van der Waals surface area contributed by atoms with Crippen LogP contribution in [0.15, 0.2) is 58.1 Å². The maximum absolute atomic E-state index is 11.2. The van der Waals surface area contributed by atoms with E-state index in [1.165, 1.54) is 0 Å². The number of unbranched alkanes of at least 4 members (excludes halogenated alkanes) is 2. The standard InChI is InChI=1S/C28H34Cl2N2O6S4/c1-2-7-20(16-27-31(12-3-5-14-41(33,34)35)23-18-21(29)8-10-25(23)39-27)17-28-32(13-4-6-15-42(36,37)38)24-19-22(30)9-11-26(24)40-28/h8-11,16-19,23,25H,2-7,12-15H2,1H3,(H-,33,34,35,36,37,38). The van der Waals surface area contributed by atoms with Gasteiger partial charge in [-0.05, 0) is 61.6 Å². The van der Waals surface area contributed by atoms with E-state index in [1.54, 1.807) is 23.1 Å². The van der Waals surface area contributed by atoms with Crippen LogP contribution in [0.25, 0.3) is 16.3 Å². The Balaban J connectivity index is 1.66. The molecular weight excluding hydrogens is 659 g/mol. The lowest BCUT2D eigenvalue weighted by Gasteiger charge is -2.28. The summed E-state index contributed by atoms with van der Waals surface area (Å²) in [4.78, 5) is 2.25. The number of rotatable bonds is 14. The highest BCUT2D eigenvalue weighted by molar-refractivity contribution is 8.04. The third-order valence-corrected chi connectivity index (χ3v) is 11.4. The number of aromatic nitrogens is 1. The van der Waals surface area contributed by atoms with Crippen molar-refractivity contribution in [3.8, 4) is 0 Å². The zero-order chi connectivity index (χ0) is 30.5. The molecule has 42 heavy (non-hydrogen) atoms. The van der Waals surface area contributed by atoms with Gasteiger partial charge in [-0.1, -0.05) is 65.7 Å². The number of nitrogens with zero attached hydrogens (tertiary/aromatic N) is 2. The van der Waals surface area contributed by atoms with Crippen molar-refractivity contribution in [2.24, 2.45) is 0 Å². The van der Waals surface area contributed by atoms with Crippen LogP contribution < -0.4 is 4.57 Å². The summed E-state index contributed by atoms with van der Waals surface area (Å²) in [7, 11) is -8.27. The van der Waals surface area contributed by atoms with Gasteiger partial charge in [0, 0.05) is 40.9 Å². The molecule has 1 fully saturated rings. The Hall–Kier alpha value is -1.38. The molecule has 4 rings (SSSR count). The number of hydrogen-bond acceptors (Lipinski definition) is 8. The molecule has 2 atom stereocenters. The number of halogens is 2. The van der Waals surface area contributed by atoms with E-state index in [9.17, 15) is 21.4 Å². The molecule has 1 aliphatic carbocycles. The first-order chi connectivity index (χ1) is 19.8. The highest BCUT2D eigenvalue weighted by Gasteiger charge is 2.36. The lowest BCUT2D eigenvalue weighted by Crippen LogP contribution is -2.35. The first-order valence-corrected chi connectivity index (χ1v) is 19.4. The second-order valence-corrected chi connectivity index (χ2v) is 16.5. The molecule has 1 aromatic heterocycles. The molecule has 8 nitrogen and oxygen atoms in total. The molecule has 230 valence electrons. The molecule has 1 N–H and O–H groups in total. The molecule has 1 aromatic carbocycles. The third-order valence-electron chi connectivity index (χ3n) is 6.94. The minimum Gasteiger partial charge on any atom is -0.748 e. The lowest BCUT2D eigenvalue weighted by molar-refractivity contribution is -0.669. The number of allylic oxidation sites excluding steroid dienone is 4. The van der Waals surface area contributed by atoms with Crippen molar-refractivity contribution < 1.29 is 30.5 Å². The summed E-state index contributed by atoms with van der Waals surface area (Å²) in [5.74, 6) is -0.656. The van der Waals surface area contributed by atoms with E-state index in [1.807, 2.05) is 30.4 Å². The van der Waals surface area contributed by atoms with Gasteiger partial charge in [-0.2, -0.15) is 13.0 Å². The fourth-order valence-electron chi connectivity index (χ4n) is 5.04. The van der Waals surface area contributed by atoms with Gasteiger partial charge in [0.2, 0.25) is 5.52 Å². The Labute approximate surface area is 266 Å². The van der Waals surface area contributed by atoms with Gasteiger partial charge in [-0.15, -0.1) is 0 Å². The van der Waals surface area contributed by atoms with Crippen molar-refractivity contribution in [1.82, 2.24) is 4.90 Å². The highest BCUT2D eigenvalue weighted by Crippen LogP contribution is 2.44. The van der Waals surface area contributed by atoms with Crippen molar-refractivity contribution in [1.29, 1.82) is 0 Å². The van der Waals surface area contributed by atoms with E-state index in [0.29, 0.717) is 48.8 Å². The van der Waals surface area contributed by atoms with Gasteiger partial charge >= 0.3 is 0 Å². The summed E-state index contributed by atoms with van der Waals surface area (Å²) in [5, 5.41) is 3.52. The molecule has 0 bridgehead atoms. The van der Waals surface area contributed by atoms with Crippen LogP contribution in [0.1, 0.15) is 50.5 Å². The molecule has 0 spiro atoms. The van der Waals surface area contributed by atoms with Gasteiger partial charge in [0.05, 0.1) is 32.2 Å². The molecule has 2 unspecified atom stereocenters. The van der Waals surface area contributed by atoms with E-state index in [-0.39, 0.29) is 22.8 Å². The first-order valence-electron chi connectivity index (χ1n) is 13.7. The van der Waals surface area contributed by atoms with Gasteiger partial charge in [-0.3, -0.25) is 4.55 Å². The minimum atomic E-state index is -4.25. The largest absolute Gasteiger partial charge is 0.748 e. The number of thiazole rings is 1. The van der Waals surface area contributed by atoms with E-state index >= 15 is 0 Å². The molecule has 1 aliphatic heterocycles. The second kappa shape index (κ2) is 14.6. The van der Waals surface area contributed by atoms with Crippen molar-refractivity contribution in [2.45, 2.75) is 63.3 Å². The summed E-state index contributed by atoms with van der Waals surface area (Å²) in [6.45, 7) is 3.28. The van der Waals surface area contributed by atoms with Crippen LogP contribution >= 0.6 is 46.3 Å². The number of aryl methyl sites for hydroxylation is 1. The van der Waals surface area contributed by atoms with Crippen LogP contribution in [0.3, 0.4) is 0 Å². The Kier molecular flexibility index (Phi) is 11.6. The third kappa shape index (κ3) is 9.56. The maximum Gasteiger partial charge on any atom is 0.264 e. The molecule has 14 heteroatoms. The summed E-state index contributed by atoms with van der Waals surface area (Å²) in [5.41, 5.74) is 2.09. The van der Waals surface area contributed by atoms with Crippen LogP contribution in [0.5, 0.6) is 0 Å². The Morgan fingerprint density at radius 2 is 1.90 bits per heavy atom. The molecular formula is C28H34Cl2N2O6S4. The normalized spacial score (nSPS) is 20.5. The molecule has 2 heterocycles. The van der Waals surface area contributed by atoms with E-state index in [0.717, 1.165) is 38.7 Å². The van der Waals surface area contributed by atoms with E-state index < -0.39 is 20.2 Å². The summed E-state index contributed by atoms with van der Waals surface area (Å²) >= 11 is 16.1. The average Bonchev–Trinajstić information content (AvgIpc) is 3.39. The summed E-state index contributed by atoms with van der Waals surface area (Å²) in [6, 6.07) is 5.78. The van der Waals surface area contributed by atoms with E-state index in [2.05, 4.69) is 34.6 Å². The van der Waals surface area contributed by atoms with E-state index in [4.69, 9.17) is 27.8 Å². The molecule has 2 aliphatic rings. The smallest absolute Gasteiger partial charge is 0.264 e. The molecule has 1 saturated heterocycles. The SMILES string of the molecule is CCCC(=Cc1sc2ccc(Cl)cc2[n+]1CCCCS(=O)(=O)O)C=C1SC2C=CC(Cl)=CC2N1CCCCS(=O)(=O)[O-]. The zero-order valence-electron chi connectivity index (χ0n) is 23.1. The van der Waals surface area contributed by atoms with Crippen LogP contribution in [-0.2, 0) is 26.8 Å². The van der Waals surface area contributed by atoms with Crippen molar-refractivity contribution in [3.63, 3.8) is 0 Å². The molecule has 0 amide bonds. The maximum atomic E-state index is 11.2. The van der Waals surface area contributed by atoms with Crippen LogP contribution in [-0.4, -0.2) is 60.2 Å². The molecule has 2 aromatic rings. The van der Waals surface area contributed by atoms with Gasteiger partial charge in [0.25, 0.3) is 15.1 Å². The van der Waals surface area contributed by atoms with Crippen LogP contribution in [0.2, 0.25) is 5.02 Å². The minimum absolute atomic E-state index is 0.0321. The topological polar surface area (TPSA) is 119 Å². The quantitative estimate of drug-likeness (QED) is 0.138. The Bertz CT molecular complexity index is 1630. The Morgan fingerprint density at radius 1 is 1.14 bits per heavy atom. The lowest BCUT2D eigenvalue weighted by atomic mass is 10.1. The number of benzene rings is 1. The zero-order valence-corrected chi connectivity index (χ0v) is 27.9. The molecule has 0 saturated carbocycles. The average molecular weight is 694 g/mol. The van der Waals surface area contributed by atoms with Gasteiger partial charge in [-0.25, -0.2) is 8.42 Å². The summed E-state index contributed by atoms with van der Waals surface area (Å²) in [6.07, 6.45) is 13.9. The number of fused-ring (bicyclic) bond motifs is 2. The predicted molar refractivity (Wildman–Crippen MR) is 172 cm³/mol. The van der Waals surface area contributed by atoms with Crippen LogP contribution in [0.4, 0.5) is 0 Å². The van der Waals surface area contributed by atoms with Crippen LogP contribution in [0, 0.1) is 0 Å². The first kappa shape index (κ1) is 33.5. The number of hydrogen-bond donors (Lipinski definition) is 1. The van der Waals surface area contributed by atoms with Gasteiger partial charge in [0.1, 0.15) is 4.70 Å². The van der Waals surface area contributed by atoms with Crippen molar-refractivity contribution >= 4 is 82.8 Å². The number of thioether (sulfide) groups is 1. The monoisotopic (exact) mass is 692 g/mol. The molecule has 0 radical (unpaired) electrons. The fraction of sp³-hybridized carbons (Fsp3) is 0.464. The fourth-order valence-corrected chi connectivity index (χ4v) is 9.05. The Morgan fingerprint density at radius 3 is 2.62 bits per heavy atom. The van der Waals surface area contributed by atoms with Gasteiger partial charge < -0.3 is 9.45 Å². The second-order valence-electron chi connectivity index (χ2n) is 10.3. The summed E-state index contributed by atoms with van der Waals surface area (Å²) < 4.78 is 68.1. The van der Waals surface area contributed by atoms with Crippen molar-refractivity contribution in [3.05, 3.63) is 68.2 Å². The predicted octanol–water partition coefficient (Wildman–Crippen LogP) is 6.34. The van der Waals surface area contributed by atoms with Crippen molar-refractivity contribution in [2.75, 3.05) is 18.1 Å². The highest BCUT2D eigenvalue weighted by atomic mass is 35.5.